The standard InChI is InChI=1S/C14H12BNOS/c15-8-14-16-11-7-9(5-6-13(11)18-14)10-3-1-2-4-12(10)17/h1-7,17H,8,15H2. The van der Waals surface area contributed by atoms with E-state index in [0.29, 0.717) is 5.75 Å². The van der Waals surface area contributed by atoms with E-state index in [1.54, 1.807) is 17.4 Å². The monoisotopic (exact) mass is 253 g/mol. The van der Waals surface area contributed by atoms with Gasteiger partial charge in [-0.1, -0.05) is 24.3 Å². The van der Waals surface area contributed by atoms with Gasteiger partial charge in [0.15, 0.2) is 0 Å². The van der Waals surface area contributed by atoms with Crippen molar-refractivity contribution in [3.8, 4) is 16.9 Å². The summed E-state index contributed by atoms with van der Waals surface area (Å²) in [6, 6.07) is 13.5. The topological polar surface area (TPSA) is 33.1 Å². The highest BCUT2D eigenvalue weighted by molar-refractivity contribution is 7.18. The van der Waals surface area contributed by atoms with Gasteiger partial charge in [0.25, 0.3) is 0 Å². The summed E-state index contributed by atoms with van der Waals surface area (Å²) in [7, 11) is 2.11. The first kappa shape index (κ1) is 11.3. The van der Waals surface area contributed by atoms with E-state index in [0.717, 1.165) is 28.0 Å². The molecule has 1 heterocycles. The molecular weight excluding hydrogens is 241 g/mol. The molecule has 0 bridgehead atoms. The summed E-state index contributed by atoms with van der Waals surface area (Å²) in [5, 5.41) is 11.0. The van der Waals surface area contributed by atoms with Gasteiger partial charge in [-0.25, -0.2) is 4.98 Å². The number of hydrogen-bond acceptors (Lipinski definition) is 3. The van der Waals surface area contributed by atoms with Gasteiger partial charge >= 0.3 is 0 Å². The third-order valence-corrected chi connectivity index (χ3v) is 4.13. The smallest absolute Gasteiger partial charge is 0.123 e. The maximum Gasteiger partial charge on any atom is 0.123 e. The van der Waals surface area contributed by atoms with Crippen molar-refractivity contribution < 1.29 is 5.11 Å². The third-order valence-electron chi connectivity index (χ3n) is 2.95. The second-order valence-electron chi connectivity index (χ2n) is 4.16. The fourth-order valence-electron chi connectivity index (χ4n) is 2.01. The second kappa shape index (κ2) is 4.46. The lowest BCUT2D eigenvalue weighted by molar-refractivity contribution is 0.477. The molecule has 18 heavy (non-hydrogen) atoms. The number of aromatic nitrogens is 1. The summed E-state index contributed by atoms with van der Waals surface area (Å²) in [5.74, 6) is 0.308. The minimum atomic E-state index is 0.308. The van der Waals surface area contributed by atoms with Gasteiger partial charge in [0.1, 0.15) is 13.6 Å². The molecule has 88 valence electrons. The minimum absolute atomic E-state index is 0.308. The van der Waals surface area contributed by atoms with Crippen LogP contribution >= 0.6 is 11.3 Å². The highest BCUT2D eigenvalue weighted by Crippen LogP contribution is 2.32. The van der Waals surface area contributed by atoms with Gasteiger partial charge in [-0.2, -0.15) is 0 Å². The largest absolute Gasteiger partial charge is 0.507 e. The molecule has 0 aliphatic rings. The number of phenols is 1. The van der Waals surface area contributed by atoms with Gasteiger partial charge in [0.2, 0.25) is 0 Å². The summed E-state index contributed by atoms with van der Waals surface area (Å²) in [6.45, 7) is 0. The fraction of sp³-hybridized carbons (Fsp3) is 0.0714. The lowest BCUT2D eigenvalue weighted by Gasteiger charge is -2.03. The first-order valence-corrected chi connectivity index (χ1v) is 6.77. The van der Waals surface area contributed by atoms with E-state index in [1.807, 2.05) is 30.3 Å². The van der Waals surface area contributed by atoms with Crippen LogP contribution in [0.1, 0.15) is 5.01 Å². The van der Waals surface area contributed by atoms with E-state index < -0.39 is 0 Å². The number of benzene rings is 2. The summed E-state index contributed by atoms with van der Waals surface area (Å²) in [6.07, 6.45) is 0.964. The molecule has 1 N–H and O–H groups in total. The molecule has 0 spiro atoms. The van der Waals surface area contributed by atoms with Crippen LogP contribution in [-0.4, -0.2) is 17.9 Å². The maximum atomic E-state index is 9.87. The molecule has 0 aliphatic heterocycles. The van der Waals surface area contributed by atoms with Gasteiger partial charge in [0.05, 0.1) is 15.2 Å². The maximum absolute atomic E-state index is 9.87. The van der Waals surface area contributed by atoms with Crippen LogP contribution in [-0.2, 0) is 6.32 Å². The van der Waals surface area contributed by atoms with E-state index >= 15 is 0 Å². The minimum Gasteiger partial charge on any atom is -0.507 e. The van der Waals surface area contributed by atoms with Gasteiger partial charge in [-0.3, -0.25) is 0 Å². The zero-order chi connectivity index (χ0) is 12.5. The lowest BCUT2D eigenvalue weighted by Crippen LogP contribution is -1.80. The Hall–Kier alpha value is -1.81. The Balaban J connectivity index is 2.16. The Bertz CT molecular complexity index is 708. The van der Waals surface area contributed by atoms with Gasteiger partial charge < -0.3 is 5.11 Å². The van der Waals surface area contributed by atoms with Crippen LogP contribution in [0.4, 0.5) is 0 Å². The van der Waals surface area contributed by atoms with Crippen LogP contribution in [0.2, 0.25) is 0 Å². The van der Waals surface area contributed by atoms with Crippen molar-refractivity contribution in [2.75, 3.05) is 0 Å². The lowest BCUT2D eigenvalue weighted by atomic mass is 10.0. The van der Waals surface area contributed by atoms with Crippen molar-refractivity contribution in [3.05, 3.63) is 47.5 Å². The normalized spacial score (nSPS) is 10.9. The molecule has 0 unspecified atom stereocenters. The van der Waals surface area contributed by atoms with E-state index in [-0.39, 0.29) is 0 Å². The zero-order valence-corrected chi connectivity index (χ0v) is 10.9. The SMILES string of the molecule is BCc1nc2cc(-c3ccccc3O)ccc2s1. The molecule has 0 amide bonds. The molecule has 2 aromatic carbocycles. The summed E-state index contributed by atoms with van der Waals surface area (Å²) < 4.78 is 1.20. The van der Waals surface area contributed by atoms with Crippen molar-refractivity contribution >= 4 is 29.4 Å². The number of rotatable bonds is 2. The Labute approximate surface area is 110 Å². The summed E-state index contributed by atoms with van der Waals surface area (Å²) in [5.41, 5.74) is 2.87. The number of hydrogen-bond donors (Lipinski definition) is 1. The number of thiazole rings is 1. The van der Waals surface area contributed by atoms with Crippen molar-refractivity contribution in [3.63, 3.8) is 0 Å². The van der Waals surface area contributed by atoms with Gasteiger partial charge in [-0.05, 0) is 30.1 Å². The number of phenolic OH excluding ortho intramolecular Hbond substituents is 1. The molecular formula is C14H12BNOS. The predicted octanol–water partition coefficient (Wildman–Crippen LogP) is 2.80. The molecule has 0 atom stereocenters. The number of nitrogens with zero attached hydrogens (tertiary/aromatic N) is 1. The summed E-state index contributed by atoms with van der Waals surface area (Å²) >= 11 is 1.73. The molecule has 0 fully saturated rings. The quantitative estimate of drug-likeness (QED) is 0.712. The molecule has 0 saturated carbocycles. The van der Waals surface area contributed by atoms with Crippen LogP contribution in [0, 0.1) is 0 Å². The second-order valence-corrected chi connectivity index (χ2v) is 5.28. The van der Waals surface area contributed by atoms with Gasteiger partial charge in [-0.15, -0.1) is 11.3 Å². The average Bonchev–Trinajstić information content (AvgIpc) is 2.81. The molecule has 0 aliphatic carbocycles. The van der Waals surface area contributed by atoms with E-state index in [2.05, 4.69) is 18.9 Å². The highest BCUT2D eigenvalue weighted by atomic mass is 32.1. The van der Waals surface area contributed by atoms with Crippen LogP contribution in [0.3, 0.4) is 0 Å². The van der Waals surface area contributed by atoms with Crippen LogP contribution in [0.15, 0.2) is 42.5 Å². The zero-order valence-electron chi connectivity index (χ0n) is 10.1. The number of para-hydroxylation sites is 1. The van der Waals surface area contributed by atoms with Crippen molar-refractivity contribution in [1.82, 2.24) is 4.98 Å². The Morgan fingerprint density at radius 2 is 2.00 bits per heavy atom. The van der Waals surface area contributed by atoms with Crippen LogP contribution in [0.5, 0.6) is 5.75 Å². The van der Waals surface area contributed by atoms with Gasteiger partial charge in [0, 0.05) is 5.56 Å². The first-order chi connectivity index (χ1) is 8.78. The van der Waals surface area contributed by atoms with Crippen molar-refractivity contribution in [2.24, 2.45) is 0 Å². The molecule has 2 nitrogen and oxygen atoms in total. The first-order valence-electron chi connectivity index (χ1n) is 5.96. The van der Waals surface area contributed by atoms with E-state index in [9.17, 15) is 5.11 Å². The molecule has 3 aromatic rings. The molecule has 0 radical (unpaired) electrons. The molecule has 0 saturated heterocycles. The molecule has 4 heteroatoms. The Morgan fingerprint density at radius 1 is 1.17 bits per heavy atom. The Morgan fingerprint density at radius 3 is 2.78 bits per heavy atom. The predicted molar refractivity (Wildman–Crippen MR) is 79.0 cm³/mol. The third kappa shape index (κ3) is 1.89. The van der Waals surface area contributed by atoms with Crippen molar-refractivity contribution in [1.29, 1.82) is 0 Å². The molecule has 3 rings (SSSR count). The number of fused-ring (bicyclic) bond motifs is 1. The fourth-order valence-corrected chi connectivity index (χ4v) is 2.90. The van der Waals surface area contributed by atoms with E-state index in [1.165, 1.54) is 4.70 Å². The highest BCUT2D eigenvalue weighted by Gasteiger charge is 2.07. The number of aromatic hydroxyl groups is 1. The summed E-state index contributed by atoms with van der Waals surface area (Å²) in [4.78, 5) is 4.58. The van der Waals surface area contributed by atoms with Crippen molar-refractivity contribution in [2.45, 2.75) is 6.32 Å². The van der Waals surface area contributed by atoms with E-state index in [4.69, 9.17) is 0 Å². The van der Waals surface area contributed by atoms with Crippen LogP contribution < -0.4 is 0 Å². The Kier molecular flexibility index (Phi) is 2.80. The molecule has 1 aromatic heterocycles. The average molecular weight is 253 g/mol. The van der Waals surface area contributed by atoms with Crippen LogP contribution in [0.25, 0.3) is 21.3 Å².